The predicted molar refractivity (Wildman–Crippen MR) is 95.1 cm³/mol. The number of aromatic nitrogens is 1. The lowest BCUT2D eigenvalue weighted by atomic mass is 9.79. The second-order valence-corrected chi connectivity index (χ2v) is 9.45. The molecule has 0 aromatic carbocycles. The first-order chi connectivity index (χ1) is 11.9. The topological polar surface area (TPSA) is 73.8 Å². The molecule has 136 valence electrons. The Morgan fingerprint density at radius 3 is 2.32 bits per heavy atom. The summed E-state index contributed by atoms with van der Waals surface area (Å²) in [5.74, 6) is 0.833. The lowest BCUT2D eigenvalue weighted by Gasteiger charge is -2.49. The summed E-state index contributed by atoms with van der Waals surface area (Å²) in [6, 6.07) is 3.68. The number of amides is 1. The Labute approximate surface area is 152 Å². The number of carbonyl (C=O) groups is 1. The summed E-state index contributed by atoms with van der Waals surface area (Å²) < 4.78 is 26.0. The fraction of sp³-hybridized carbons (Fsp3) is 0.625. The molecule has 0 radical (unpaired) electrons. The van der Waals surface area contributed by atoms with Crippen LogP contribution >= 0.6 is 11.6 Å². The third kappa shape index (κ3) is 3.00. The van der Waals surface area contributed by atoms with E-state index in [1.165, 1.54) is 4.31 Å². The molecular weight excluding hydrogens is 364 g/mol. The van der Waals surface area contributed by atoms with E-state index in [-0.39, 0.29) is 11.7 Å². The molecule has 4 aliphatic rings. The van der Waals surface area contributed by atoms with Crippen LogP contribution in [0.1, 0.15) is 12.8 Å². The zero-order valence-corrected chi connectivity index (χ0v) is 15.5. The third-order valence-electron chi connectivity index (χ3n) is 5.59. The van der Waals surface area contributed by atoms with Crippen LogP contribution in [-0.4, -0.2) is 73.5 Å². The molecule has 4 aliphatic heterocycles. The Balaban J connectivity index is 1.44. The first-order valence-corrected chi connectivity index (χ1v) is 10.5. The second kappa shape index (κ2) is 6.10. The van der Waals surface area contributed by atoms with Gasteiger partial charge in [-0.3, -0.25) is 4.79 Å². The van der Waals surface area contributed by atoms with E-state index >= 15 is 0 Å². The SMILES string of the molecule is O=C(N1CCN(c2ccc(Cl)cn2)CC1)C12CCN(CC1)S(=O)(=O)C2. The smallest absolute Gasteiger partial charge is 0.230 e. The van der Waals surface area contributed by atoms with Gasteiger partial charge in [0.15, 0.2) is 0 Å². The largest absolute Gasteiger partial charge is 0.353 e. The number of piperazine rings is 1. The Hall–Kier alpha value is -1.38. The van der Waals surface area contributed by atoms with E-state index in [0.29, 0.717) is 57.1 Å². The highest BCUT2D eigenvalue weighted by molar-refractivity contribution is 7.89. The number of hydrogen-bond acceptors (Lipinski definition) is 5. The number of sulfonamides is 1. The van der Waals surface area contributed by atoms with Gasteiger partial charge in [-0.1, -0.05) is 11.6 Å². The van der Waals surface area contributed by atoms with E-state index in [2.05, 4.69) is 9.88 Å². The van der Waals surface area contributed by atoms with Crippen molar-refractivity contribution in [3.05, 3.63) is 23.4 Å². The second-order valence-electron chi connectivity index (χ2n) is 7.05. The van der Waals surface area contributed by atoms with Gasteiger partial charge in [-0.05, 0) is 25.0 Å². The van der Waals surface area contributed by atoms with Crippen molar-refractivity contribution in [2.24, 2.45) is 5.41 Å². The van der Waals surface area contributed by atoms with Crippen LogP contribution in [0.4, 0.5) is 5.82 Å². The van der Waals surface area contributed by atoms with E-state index in [1.807, 2.05) is 11.0 Å². The molecule has 25 heavy (non-hydrogen) atoms. The molecule has 5 rings (SSSR count). The van der Waals surface area contributed by atoms with Gasteiger partial charge in [0.2, 0.25) is 15.9 Å². The van der Waals surface area contributed by atoms with Crippen molar-refractivity contribution in [3.8, 4) is 0 Å². The van der Waals surface area contributed by atoms with Crippen LogP contribution in [0.5, 0.6) is 0 Å². The van der Waals surface area contributed by atoms with Crippen molar-refractivity contribution in [3.63, 3.8) is 0 Å². The van der Waals surface area contributed by atoms with E-state index in [9.17, 15) is 13.2 Å². The lowest BCUT2D eigenvalue weighted by molar-refractivity contribution is -0.144. The Kier molecular flexibility index (Phi) is 4.16. The van der Waals surface area contributed by atoms with Gasteiger partial charge in [0, 0.05) is 45.5 Å². The normalized spacial score (nSPS) is 31.2. The number of anilines is 1. The van der Waals surface area contributed by atoms with Gasteiger partial charge in [0.05, 0.1) is 16.2 Å². The summed E-state index contributed by atoms with van der Waals surface area (Å²) >= 11 is 5.87. The average Bonchev–Trinajstić information content (AvgIpc) is 2.62. The van der Waals surface area contributed by atoms with Crippen LogP contribution in [0.3, 0.4) is 0 Å². The van der Waals surface area contributed by atoms with Crippen molar-refractivity contribution in [1.82, 2.24) is 14.2 Å². The van der Waals surface area contributed by atoms with Gasteiger partial charge in [-0.25, -0.2) is 17.7 Å². The van der Waals surface area contributed by atoms with Gasteiger partial charge in [-0.15, -0.1) is 0 Å². The number of rotatable bonds is 2. The maximum absolute atomic E-state index is 13.1. The molecule has 7 nitrogen and oxygen atoms in total. The van der Waals surface area contributed by atoms with Crippen LogP contribution < -0.4 is 4.90 Å². The third-order valence-corrected chi connectivity index (χ3v) is 7.88. The molecule has 0 saturated carbocycles. The maximum Gasteiger partial charge on any atom is 0.230 e. The van der Waals surface area contributed by atoms with E-state index in [0.717, 1.165) is 5.82 Å². The van der Waals surface area contributed by atoms with Crippen molar-refractivity contribution >= 4 is 33.3 Å². The summed E-state index contributed by atoms with van der Waals surface area (Å²) in [5.41, 5.74) is -0.714. The fourth-order valence-electron chi connectivity index (χ4n) is 4.08. The Morgan fingerprint density at radius 2 is 1.76 bits per heavy atom. The molecular formula is C16H21ClN4O3S. The highest BCUT2D eigenvalue weighted by Crippen LogP contribution is 2.41. The number of halogens is 1. The van der Waals surface area contributed by atoms with Crippen LogP contribution in [-0.2, 0) is 14.8 Å². The lowest BCUT2D eigenvalue weighted by Crippen LogP contribution is -2.62. The number of hydrogen-bond donors (Lipinski definition) is 0. The van der Waals surface area contributed by atoms with E-state index in [4.69, 9.17) is 11.6 Å². The number of nitrogens with zero attached hydrogens (tertiary/aromatic N) is 4. The van der Waals surface area contributed by atoms with Crippen LogP contribution in [0, 0.1) is 5.41 Å². The van der Waals surface area contributed by atoms with Crippen molar-refractivity contribution < 1.29 is 13.2 Å². The molecule has 0 aliphatic carbocycles. The summed E-state index contributed by atoms with van der Waals surface area (Å²) in [7, 11) is -3.27. The molecule has 5 heterocycles. The fourth-order valence-corrected chi connectivity index (χ4v) is 6.23. The summed E-state index contributed by atoms with van der Waals surface area (Å²) in [5, 5.41) is 0.599. The first-order valence-electron chi connectivity index (χ1n) is 8.53. The first kappa shape index (κ1) is 17.1. The minimum atomic E-state index is -3.27. The quantitative estimate of drug-likeness (QED) is 0.754. The predicted octanol–water partition coefficient (Wildman–Crippen LogP) is 0.809. The maximum atomic E-state index is 13.1. The molecule has 1 aromatic rings. The van der Waals surface area contributed by atoms with E-state index < -0.39 is 15.4 Å². The van der Waals surface area contributed by atoms with E-state index in [1.54, 1.807) is 12.3 Å². The standard InChI is InChI=1S/C16H21ClN4O3S/c17-13-1-2-14(18-11-13)19-7-9-20(10-8-19)15(22)16-3-5-21(6-4-16)25(23,24)12-16/h1-2,11H,3-10,12H2. The highest BCUT2D eigenvalue weighted by atomic mass is 35.5. The average molecular weight is 385 g/mol. The van der Waals surface area contributed by atoms with Gasteiger partial charge < -0.3 is 9.80 Å². The van der Waals surface area contributed by atoms with Gasteiger partial charge in [0.25, 0.3) is 0 Å². The molecule has 1 aromatic heterocycles. The molecule has 1 amide bonds. The summed E-state index contributed by atoms with van der Waals surface area (Å²) in [6.07, 6.45) is 2.90. The Bertz CT molecular complexity index is 767. The minimum Gasteiger partial charge on any atom is -0.353 e. The molecule has 0 N–H and O–H groups in total. The van der Waals surface area contributed by atoms with Crippen LogP contribution in [0.2, 0.25) is 5.02 Å². The van der Waals surface area contributed by atoms with Crippen molar-refractivity contribution in [2.45, 2.75) is 12.8 Å². The molecule has 2 bridgehead atoms. The highest BCUT2D eigenvalue weighted by Gasteiger charge is 2.53. The summed E-state index contributed by atoms with van der Waals surface area (Å²) in [6.45, 7) is 3.51. The zero-order chi connectivity index (χ0) is 17.7. The summed E-state index contributed by atoms with van der Waals surface area (Å²) in [4.78, 5) is 21.4. The molecule has 0 unspecified atom stereocenters. The monoisotopic (exact) mass is 384 g/mol. The number of carbonyl (C=O) groups excluding carboxylic acids is 1. The Morgan fingerprint density at radius 1 is 1.08 bits per heavy atom. The van der Waals surface area contributed by atoms with Gasteiger partial charge in [0.1, 0.15) is 5.82 Å². The van der Waals surface area contributed by atoms with Crippen molar-refractivity contribution in [2.75, 3.05) is 49.9 Å². The molecule has 0 spiro atoms. The zero-order valence-electron chi connectivity index (χ0n) is 13.9. The molecule has 4 saturated heterocycles. The van der Waals surface area contributed by atoms with Gasteiger partial charge >= 0.3 is 0 Å². The minimum absolute atomic E-state index is 0.0131. The van der Waals surface area contributed by atoms with Crippen LogP contribution in [0.25, 0.3) is 0 Å². The number of fused-ring (bicyclic) bond motifs is 3. The molecule has 0 atom stereocenters. The van der Waals surface area contributed by atoms with Gasteiger partial charge in [-0.2, -0.15) is 0 Å². The van der Waals surface area contributed by atoms with Crippen molar-refractivity contribution in [1.29, 1.82) is 0 Å². The molecule has 4 fully saturated rings. The van der Waals surface area contributed by atoms with Crippen LogP contribution in [0.15, 0.2) is 18.3 Å². The number of pyridine rings is 1. The number of piperidine rings is 1. The molecule has 9 heteroatoms.